The van der Waals surface area contributed by atoms with Crippen LogP contribution in [0.2, 0.25) is 5.02 Å². The number of aryl methyl sites for hydroxylation is 1. The Kier molecular flexibility index (Phi) is 5.32. The van der Waals surface area contributed by atoms with Crippen molar-refractivity contribution in [3.63, 3.8) is 0 Å². The highest BCUT2D eigenvalue weighted by molar-refractivity contribution is 6.33. The van der Waals surface area contributed by atoms with Crippen LogP contribution in [0.1, 0.15) is 21.7 Å². The summed E-state index contributed by atoms with van der Waals surface area (Å²) < 4.78 is 38.4. The summed E-state index contributed by atoms with van der Waals surface area (Å²) in [6, 6.07) is 14.1. The first-order valence-corrected chi connectivity index (χ1v) is 9.48. The second-order valence-corrected chi connectivity index (χ2v) is 7.13. The predicted octanol–water partition coefficient (Wildman–Crippen LogP) is 5.92. The number of anilines is 1. The van der Waals surface area contributed by atoms with Gasteiger partial charge in [0.05, 0.1) is 39.2 Å². The molecule has 0 radical (unpaired) electrons. The molecule has 2 heterocycles. The van der Waals surface area contributed by atoms with Crippen LogP contribution < -0.4 is 5.32 Å². The van der Waals surface area contributed by atoms with Gasteiger partial charge < -0.3 is 5.32 Å². The van der Waals surface area contributed by atoms with Gasteiger partial charge in [-0.3, -0.25) is 9.78 Å². The molecule has 156 valence electrons. The highest BCUT2D eigenvalue weighted by Gasteiger charge is 2.33. The summed E-state index contributed by atoms with van der Waals surface area (Å²) in [5.41, 5.74) is 1.86. The lowest BCUT2D eigenvalue weighted by molar-refractivity contribution is -0.141. The molecule has 0 unspecified atom stereocenters. The van der Waals surface area contributed by atoms with Crippen molar-refractivity contribution >= 4 is 34.2 Å². The summed E-state index contributed by atoms with van der Waals surface area (Å²) in [6.07, 6.45) is -3.00. The van der Waals surface area contributed by atoms with Crippen LogP contribution in [0.3, 0.4) is 0 Å². The first-order chi connectivity index (χ1) is 14.7. The zero-order valence-electron chi connectivity index (χ0n) is 16.0. The standard InChI is InChI=1S/C22H14ClF3N4O/c1-12-14(7-9-20(28-12)22(24,25)26)21(31)29-13-6-8-16(23)15(10-13)19-11-27-17-4-2-3-5-18(17)30-19/h2-11H,1H3,(H,29,31). The van der Waals surface area contributed by atoms with E-state index in [2.05, 4.69) is 20.3 Å². The van der Waals surface area contributed by atoms with E-state index in [1.54, 1.807) is 24.4 Å². The Morgan fingerprint density at radius 2 is 1.74 bits per heavy atom. The maximum absolute atomic E-state index is 12.8. The highest BCUT2D eigenvalue weighted by atomic mass is 35.5. The minimum absolute atomic E-state index is 0.0260. The van der Waals surface area contributed by atoms with E-state index in [9.17, 15) is 18.0 Å². The molecule has 0 saturated heterocycles. The molecule has 9 heteroatoms. The van der Waals surface area contributed by atoms with Gasteiger partial charge in [-0.05, 0) is 49.4 Å². The van der Waals surface area contributed by atoms with E-state index < -0.39 is 17.8 Å². The van der Waals surface area contributed by atoms with Crippen LogP contribution in [0.25, 0.3) is 22.3 Å². The number of carbonyl (C=O) groups is 1. The van der Waals surface area contributed by atoms with Crippen molar-refractivity contribution in [2.24, 2.45) is 0 Å². The smallest absolute Gasteiger partial charge is 0.322 e. The first kappa shape index (κ1) is 20.7. The maximum Gasteiger partial charge on any atom is 0.433 e. The molecule has 4 rings (SSSR count). The van der Waals surface area contributed by atoms with Gasteiger partial charge in [-0.25, -0.2) is 9.97 Å². The summed E-state index contributed by atoms with van der Waals surface area (Å²) in [5, 5.41) is 3.08. The number of rotatable bonds is 3. The minimum Gasteiger partial charge on any atom is -0.322 e. The van der Waals surface area contributed by atoms with Crippen molar-refractivity contribution in [1.82, 2.24) is 15.0 Å². The zero-order valence-corrected chi connectivity index (χ0v) is 16.8. The van der Waals surface area contributed by atoms with Gasteiger partial charge in [-0.2, -0.15) is 13.2 Å². The van der Waals surface area contributed by atoms with E-state index in [0.29, 0.717) is 27.5 Å². The van der Waals surface area contributed by atoms with Gasteiger partial charge in [-0.1, -0.05) is 23.7 Å². The maximum atomic E-state index is 12.8. The number of amides is 1. The van der Waals surface area contributed by atoms with Gasteiger partial charge >= 0.3 is 6.18 Å². The molecule has 0 fully saturated rings. The third-order valence-corrected chi connectivity index (χ3v) is 4.90. The molecule has 0 atom stereocenters. The first-order valence-electron chi connectivity index (χ1n) is 9.10. The SMILES string of the molecule is Cc1nc(C(F)(F)F)ccc1C(=O)Nc1ccc(Cl)c(-c2cnc3ccccc3n2)c1. The average molecular weight is 443 g/mol. The number of hydrogen-bond donors (Lipinski definition) is 1. The highest BCUT2D eigenvalue weighted by Crippen LogP contribution is 2.31. The van der Waals surface area contributed by atoms with Crippen LogP contribution in [0.5, 0.6) is 0 Å². The average Bonchev–Trinajstić information content (AvgIpc) is 2.74. The van der Waals surface area contributed by atoms with E-state index in [-0.39, 0.29) is 11.3 Å². The number of carbonyl (C=O) groups excluding carboxylic acids is 1. The number of fused-ring (bicyclic) bond motifs is 1. The van der Waals surface area contributed by atoms with E-state index in [4.69, 9.17) is 11.6 Å². The molecule has 4 aromatic rings. The topological polar surface area (TPSA) is 67.8 Å². The second kappa shape index (κ2) is 7.96. The second-order valence-electron chi connectivity index (χ2n) is 6.72. The molecule has 31 heavy (non-hydrogen) atoms. The summed E-state index contributed by atoms with van der Waals surface area (Å²) in [4.78, 5) is 25.0. The van der Waals surface area contributed by atoms with Crippen LogP contribution in [0.4, 0.5) is 18.9 Å². The molecule has 5 nitrogen and oxygen atoms in total. The van der Waals surface area contributed by atoms with Gasteiger partial charge in [0, 0.05) is 11.3 Å². The Labute approximate surface area is 179 Å². The summed E-state index contributed by atoms with van der Waals surface area (Å²) in [7, 11) is 0. The molecule has 0 aliphatic rings. The Morgan fingerprint density at radius 3 is 2.45 bits per heavy atom. The zero-order chi connectivity index (χ0) is 22.2. The third kappa shape index (κ3) is 4.34. The van der Waals surface area contributed by atoms with Gasteiger partial charge in [0.25, 0.3) is 5.91 Å². The number of hydrogen-bond acceptors (Lipinski definition) is 4. The van der Waals surface area contributed by atoms with Gasteiger partial charge in [0.2, 0.25) is 0 Å². The number of nitrogens with zero attached hydrogens (tertiary/aromatic N) is 3. The molecule has 1 N–H and O–H groups in total. The Balaban J connectivity index is 1.63. The number of benzene rings is 2. The summed E-state index contributed by atoms with van der Waals surface area (Å²) in [5.74, 6) is -0.586. The number of nitrogens with one attached hydrogen (secondary N) is 1. The van der Waals surface area contributed by atoms with Crippen LogP contribution in [0, 0.1) is 6.92 Å². The minimum atomic E-state index is -4.58. The van der Waals surface area contributed by atoms with Crippen molar-refractivity contribution in [1.29, 1.82) is 0 Å². The van der Waals surface area contributed by atoms with Gasteiger partial charge in [0.1, 0.15) is 5.69 Å². The Hall–Kier alpha value is -3.52. The Bertz CT molecular complexity index is 1310. The lowest BCUT2D eigenvalue weighted by Crippen LogP contribution is -2.16. The van der Waals surface area contributed by atoms with Crippen LogP contribution in [0.15, 0.2) is 60.8 Å². The van der Waals surface area contributed by atoms with Crippen LogP contribution in [-0.4, -0.2) is 20.9 Å². The van der Waals surface area contributed by atoms with E-state index in [1.807, 2.05) is 24.3 Å². The molecule has 2 aromatic carbocycles. The van der Waals surface area contributed by atoms with Crippen molar-refractivity contribution in [3.05, 3.63) is 82.8 Å². The van der Waals surface area contributed by atoms with E-state index in [1.165, 1.54) is 6.92 Å². The van der Waals surface area contributed by atoms with E-state index in [0.717, 1.165) is 17.6 Å². The fourth-order valence-corrected chi connectivity index (χ4v) is 3.26. The molecule has 2 aromatic heterocycles. The number of alkyl halides is 3. The van der Waals surface area contributed by atoms with Crippen molar-refractivity contribution in [2.75, 3.05) is 5.32 Å². The fourth-order valence-electron chi connectivity index (χ4n) is 3.04. The molecule has 0 bridgehead atoms. The summed E-state index contributed by atoms with van der Waals surface area (Å²) >= 11 is 6.32. The van der Waals surface area contributed by atoms with Crippen molar-refractivity contribution in [2.45, 2.75) is 13.1 Å². The van der Waals surface area contributed by atoms with Gasteiger partial charge in [-0.15, -0.1) is 0 Å². The van der Waals surface area contributed by atoms with E-state index >= 15 is 0 Å². The number of pyridine rings is 1. The number of aromatic nitrogens is 3. The van der Waals surface area contributed by atoms with Crippen molar-refractivity contribution in [3.8, 4) is 11.3 Å². The Morgan fingerprint density at radius 1 is 1.00 bits per heavy atom. The molecule has 0 aliphatic heterocycles. The lowest BCUT2D eigenvalue weighted by atomic mass is 10.1. The third-order valence-electron chi connectivity index (χ3n) is 4.57. The monoisotopic (exact) mass is 442 g/mol. The predicted molar refractivity (Wildman–Crippen MR) is 112 cm³/mol. The summed E-state index contributed by atoms with van der Waals surface area (Å²) in [6.45, 7) is 1.35. The number of para-hydroxylation sites is 2. The molecule has 1 amide bonds. The van der Waals surface area contributed by atoms with Crippen molar-refractivity contribution < 1.29 is 18.0 Å². The quantitative estimate of drug-likeness (QED) is 0.427. The molecular weight excluding hydrogens is 429 g/mol. The fraction of sp³-hybridized carbons (Fsp3) is 0.0909. The lowest BCUT2D eigenvalue weighted by Gasteiger charge is -2.12. The molecular formula is C22H14ClF3N4O. The molecule has 0 spiro atoms. The number of halogens is 4. The van der Waals surface area contributed by atoms with Crippen LogP contribution in [-0.2, 0) is 6.18 Å². The van der Waals surface area contributed by atoms with Crippen LogP contribution >= 0.6 is 11.6 Å². The largest absolute Gasteiger partial charge is 0.433 e. The molecule has 0 saturated carbocycles. The van der Waals surface area contributed by atoms with Gasteiger partial charge in [0.15, 0.2) is 0 Å². The normalized spacial score (nSPS) is 11.5. The molecule has 0 aliphatic carbocycles.